The molecule has 0 nitrogen and oxygen atoms in total. The van der Waals surface area contributed by atoms with Crippen molar-refractivity contribution in [3.63, 3.8) is 0 Å². The van der Waals surface area contributed by atoms with E-state index in [1.807, 2.05) is 18.2 Å². The van der Waals surface area contributed by atoms with Gasteiger partial charge in [0.1, 0.15) is 5.82 Å². The third kappa shape index (κ3) is 4.05. The summed E-state index contributed by atoms with van der Waals surface area (Å²) < 4.78 is 13.6. The lowest BCUT2D eigenvalue weighted by Gasteiger charge is -2.11. The van der Waals surface area contributed by atoms with E-state index in [1.54, 1.807) is 12.1 Å². The number of benzene rings is 2. The summed E-state index contributed by atoms with van der Waals surface area (Å²) in [6.45, 7) is 0. The van der Waals surface area contributed by atoms with E-state index >= 15 is 0 Å². The van der Waals surface area contributed by atoms with Crippen LogP contribution >= 0.6 is 27.5 Å². The zero-order valence-electron chi connectivity index (χ0n) is 10.5. The van der Waals surface area contributed by atoms with Gasteiger partial charge in [-0.25, -0.2) is 4.39 Å². The van der Waals surface area contributed by atoms with Crippen molar-refractivity contribution in [2.45, 2.75) is 24.1 Å². The molecule has 19 heavy (non-hydrogen) atoms. The minimum absolute atomic E-state index is 0.210. The maximum atomic E-state index is 13.6. The summed E-state index contributed by atoms with van der Waals surface area (Å²) in [5.74, 6) is -0.210. The highest BCUT2D eigenvalue weighted by Crippen LogP contribution is 2.29. The molecule has 2 rings (SSSR count). The van der Waals surface area contributed by atoms with Crippen LogP contribution in [0.5, 0.6) is 0 Å². The predicted molar refractivity (Wildman–Crippen MR) is 82.5 cm³/mol. The fraction of sp³-hybridized carbons (Fsp3) is 0.250. The molecule has 0 radical (unpaired) electrons. The standard InChI is InChI=1S/C16H15BrClF/c17-14(12-6-2-1-3-7-12)9-4-8-13-15(18)10-5-11-16(13)19/h1-3,5-7,10-11,14H,4,8-9H2. The molecule has 3 heteroatoms. The Balaban J connectivity index is 1.90. The molecule has 0 spiro atoms. The zero-order valence-corrected chi connectivity index (χ0v) is 12.8. The van der Waals surface area contributed by atoms with E-state index in [9.17, 15) is 4.39 Å². The first-order valence-corrected chi connectivity index (χ1v) is 7.59. The van der Waals surface area contributed by atoms with Gasteiger partial charge in [-0.15, -0.1) is 0 Å². The Morgan fingerprint density at radius 1 is 1.05 bits per heavy atom. The van der Waals surface area contributed by atoms with E-state index in [4.69, 9.17) is 11.6 Å². The smallest absolute Gasteiger partial charge is 0.127 e. The highest BCUT2D eigenvalue weighted by Gasteiger charge is 2.10. The third-order valence-corrected chi connectivity index (χ3v) is 4.45. The molecule has 0 saturated heterocycles. The first-order valence-electron chi connectivity index (χ1n) is 6.30. The Kier molecular flexibility index (Phi) is 5.41. The molecule has 0 aliphatic rings. The lowest BCUT2D eigenvalue weighted by atomic mass is 10.0. The highest BCUT2D eigenvalue weighted by atomic mass is 79.9. The second-order valence-electron chi connectivity index (χ2n) is 4.47. The summed E-state index contributed by atoms with van der Waals surface area (Å²) in [6, 6.07) is 15.1. The molecule has 0 bridgehead atoms. The van der Waals surface area contributed by atoms with Gasteiger partial charge in [0, 0.05) is 15.4 Å². The first kappa shape index (κ1) is 14.5. The molecular weight excluding hydrogens is 327 g/mol. The van der Waals surface area contributed by atoms with Crippen molar-refractivity contribution in [3.05, 3.63) is 70.5 Å². The quantitative estimate of drug-likeness (QED) is 0.591. The maximum Gasteiger partial charge on any atom is 0.127 e. The van der Waals surface area contributed by atoms with Crippen LogP contribution in [0.2, 0.25) is 5.02 Å². The van der Waals surface area contributed by atoms with Crippen molar-refractivity contribution in [3.8, 4) is 0 Å². The highest BCUT2D eigenvalue weighted by molar-refractivity contribution is 9.09. The molecular formula is C16H15BrClF. The fourth-order valence-electron chi connectivity index (χ4n) is 2.06. The van der Waals surface area contributed by atoms with Gasteiger partial charge in [-0.3, -0.25) is 0 Å². The Hall–Kier alpha value is -0.860. The Morgan fingerprint density at radius 2 is 1.79 bits per heavy atom. The molecule has 1 atom stereocenters. The SMILES string of the molecule is Fc1cccc(Cl)c1CCCC(Br)c1ccccc1. The molecule has 0 N–H and O–H groups in total. The van der Waals surface area contributed by atoms with E-state index in [0.29, 0.717) is 21.8 Å². The largest absolute Gasteiger partial charge is 0.207 e. The van der Waals surface area contributed by atoms with Crippen molar-refractivity contribution < 1.29 is 4.39 Å². The third-order valence-electron chi connectivity index (χ3n) is 3.11. The average Bonchev–Trinajstić information content (AvgIpc) is 2.43. The van der Waals surface area contributed by atoms with Gasteiger partial charge < -0.3 is 0 Å². The van der Waals surface area contributed by atoms with Gasteiger partial charge in [-0.05, 0) is 37.0 Å². The van der Waals surface area contributed by atoms with Crippen LogP contribution < -0.4 is 0 Å². The van der Waals surface area contributed by atoms with Crippen molar-refractivity contribution in [1.82, 2.24) is 0 Å². The van der Waals surface area contributed by atoms with Gasteiger partial charge in [-0.1, -0.05) is 63.9 Å². The van der Waals surface area contributed by atoms with Crippen LogP contribution in [0, 0.1) is 5.82 Å². The molecule has 0 aliphatic carbocycles. The van der Waals surface area contributed by atoms with Crippen molar-refractivity contribution in [1.29, 1.82) is 0 Å². The average molecular weight is 342 g/mol. The van der Waals surface area contributed by atoms with Crippen LogP contribution in [0.1, 0.15) is 28.8 Å². The van der Waals surface area contributed by atoms with E-state index in [-0.39, 0.29) is 5.82 Å². The van der Waals surface area contributed by atoms with Crippen molar-refractivity contribution >= 4 is 27.5 Å². The topological polar surface area (TPSA) is 0 Å². The second kappa shape index (κ2) is 7.06. The second-order valence-corrected chi connectivity index (χ2v) is 5.98. The number of halogens is 3. The van der Waals surface area contributed by atoms with E-state index in [2.05, 4.69) is 28.1 Å². The van der Waals surface area contributed by atoms with Gasteiger partial charge >= 0.3 is 0 Å². The normalized spacial score (nSPS) is 12.4. The van der Waals surface area contributed by atoms with E-state index in [1.165, 1.54) is 11.6 Å². The fourth-order valence-corrected chi connectivity index (χ4v) is 2.94. The summed E-state index contributed by atoms with van der Waals surface area (Å²) in [7, 11) is 0. The van der Waals surface area contributed by atoms with Gasteiger partial charge in [0.05, 0.1) is 0 Å². The summed E-state index contributed by atoms with van der Waals surface area (Å²) in [5, 5.41) is 0.519. The van der Waals surface area contributed by atoms with Gasteiger partial charge in [-0.2, -0.15) is 0 Å². The molecule has 2 aromatic carbocycles. The summed E-state index contributed by atoms with van der Waals surface area (Å²) in [4.78, 5) is 0.305. The molecule has 1 unspecified atom stereocenters. The lowest BCUT2D eigenvalue weighted by molar-refractivity contribution is 0.600. The Labute approximate surface area is 126 Å². The molecule has 100 valence electrons. The van der Waals surface area contributed by atoms with Crippen LogP contribution in [0.3, 0.4) is 0 Å². The van der Waals surface area contributed by atoms with Gasteiger partial charge in [0.25, 0.3) is 0 Å². The van der Waals surface area contributed by atoms with Crippen LogP contribution in [0.25, 0.3) is 0 Å². The van der Waals surface area contributed by atoms with Crippen molar-refractivity contribution in [2.24, 2.45) is 0 Å². The van der Waals surface area contributed by atoms with Crippen molar-refractivity contribution in [2.75, 3.05) is 0 Å². The van der Waals surface area contributed by atoms with Crippen LogP contribution in [-0.2, 0) is 6.42 Å². The van der Waals surface area contributed by atoms with Crippen LogP contribution in [0.15, 0.2) is 48.5 Å². The number of alkyl halides is 1. The minimum atomic E-state index is -0.210. The molecule has 0 heterocycles. The maximum absolute atomic E-state index is 13.6. The zero-order chi connectivity index (χ0) is 13.7. The monoisotopic (exact) mass is 340 g/mol. The van der Waals surface area contributed by atoms with Gasteiger partial charge in [0.2, 0.25) is 0 Å². The summed E-state index contributed by atoms with van der Waals surface area (Å²) in [5.41, 5.74) is 1.87. The lowest BCUT2D eigenvalue weighted by Crippen LogP contribution is -1.95. The number of hydrogen-bond acceptors (Lipinski definition) is 0. The molecule has 0 fully saturated rings. The summed E-state index contributed by atoms with van der Waals surface area (Å²) >= 11 is 9.68. The van der Waals surface area contributed by atoms with Gasteiger partial charge in [0.15, 0.2) is 0 Å². The predicted octanol–water partition coefficient (Wildman–Crippen LogP) is 5.94. The van der Waals surface area contributed by atoms with Crippen LogP contribution in [0.4, 0.5) is 4.39 Å². The Bertz CT molecular complexity index is 507. The summed E-state index contributed by atoms with van der Waals surface area (Å²) in [6.07, 6.45) is 2.51. The Morgan fingerprint density at radius 3 is 2.47 bits per heavy atom. The van der Waals surface area contributed by atoms with Crippen LogP contribution in [-0.4, -0.2) is 0 Å². The number of rotatable bonds is 5. The molecule has 0 saturated carbocycles. The molecule has 0 amide bonds. The number of hydrogen-bond donors (Lipinski definition) is 0. The van der Waals surface area contributed by atoms with E-state index in [0.717, 1.165) is 12.8 Å². The first-order chi connectivity index (χ1) is 9.18. The molecule has 0 aliphatic heterocycles. The molecule has 0 aromatic heterocycles. The minimum Gasteiger partial charge on any atom is -0.207 e. The molecule has 2 aromatic rings. The van der Waals surface area contributed by atoms with E-state index < -0.39 is 0 Å².